The van der Waals surface area contributed by atoms with Crippen LogP contribution in [0.5, 0.6) is 0 Å². The Hall–Kier alpha value is -2.08. The van der Waals surface area contributed by atoms with E-state index in [1.54, 1.807) is 24.5 Å². The number of hydrogen-bond acceptors (Lipinski definition) is 4. The lowest BCUT2D eigenvalue weighted by atomic mass is 10.1. The first-order chi connectivity index (χ1) is 10.00. The number of benzene rings is 1. The second kappa shape index (κ2) is 6.58. The molecule has 0 radical (unpaired) electrons. The maximum absolute atomic E-state index is 12.1. The standard InChI is InChI=1S/C15H19N3O2S/c1-2-13-3-4-14(11-15(13)16)18-21(19,20)10-7-12-5-8-17-9-6-12/h3-6,8-9,11,18H,2,7,10,16H2,1H3. The van der Waals surface area contributed by atoms with Gasteiger partial charge in [-0.2, -0.15) is 0 Å². The van der Waals surface area contributed by atoms with Crippen LogP contribution in [0.2, 0.25) is 0 Å². The average molecular weight is 305 g/mol. The third-order valence-corrected chi connectivity index (χ3v) is 4.50. The minimum absolute atomic E-state index is 0.0203. The molecule has 1 aromatic carbocycles. The number of pyridine rings is 1. The number of nitrogens with zero attached hydrogens (tertiary/aromatic N) is 1. The summed E-state index contributed by atoms with van der Waals surface area (Å²) in [6.45, 7) is 2.00. The number of nitrogens with one attached hydrogen (secondary N) is 1. The predicted molar refractivity (Wildman–Crippen MR) is 85.6 cm³/mol. The number of nitrogens with two attached hydrogens (primary N) is 1. The fourth-order valence-corrected chi connectivity index (χ4v) is 3.11. The minimum atomic E-state index is -3.40. The van der Waals surface area contributed by atoms with Crippen LogP contribution in [-0.2, 0) is 22.9 Å². The van der Waals surface area contributed by atoms with Crippen LogP contribution in [0.3, 0.4) is 0 Å². The monoisotopic (exact) mass is 305 g/mol. The molecule has 0 spiro atoms. The molecule has 1 aromatic heterocycles. The smallest absolute Gasteiger partial charge is 0.233 e. The zero-order valence-corrected chi connectivity index (χ0v) is 12.7. The number of sulfonamides is 1. The van der Waals surface area contributed by atoms with Gasteiger partial charge in [-0.25, -0.2) is 8.42 Å². The Bertz CT molecular complexity index is 700. The van der Waals surface area contributed by atoms with Crippen molar-refractivity contribution in [3.05, 3.63) is 53.9 Å². The Morgan fingerprint density at radius 3 is 2.52 bits per heavy atom. The molecule has 0 bridgehead atoms. The molecule has 0 aliphatic rings. The molecular formula is C15H19N3O2S. The van der Waals surface area contributed by atoms with E-state index >= 15 is 0 Å². The molecule has 0 aliphatic carbocycles. The fraction of sp³-hybridized carbons (Fsp3) is 0.267. The number of rotatable bonds is 6. The molecule has 21 heavy (non-hydrogen) atoms. The van der Waals surface area contributed by atoms with Gasteiger partial charge in [-0.15, -0.1) is 0 Å². The lowest BCUT2D eigenvalue weighted by Crippen LogP contribution is -2.18. The first-order valence-electron chi connectivity index (χ1n) is 6.78. The van der Waals surface area contributed by atoms with E-state index in [4.69, 9.17) is 5.73 Å². The summed E-state index contributed by atoms with van der Waals surface area (Å²) < 4.78 is 26.7. The highest BCUT2D eigenvalue weighted by Gasteiger charge is 2.11. The summed E-state index contributed by atoms with van der Waals surface area (Å²) in [5.74, 6) is 0.0203. The van der Waals surface area contributed by atoms with Gasteiger partial charge in [0.1, 0.15) is 0 Å². The van der Waals surface area contributed by atoms with Crippen molar-refractivity contribution in [1.29, 1.82) is 0 Å². The summed E-state index contributed by atoms with van der Waals surface area (Å²) in [4.78, 5) is 3.90. The van der Waals surface area contributed by atoms with Crippen LogP contribution in [0.4, 0.5) is 11.4 Å². The third-order valence-electron chi connectivity index (χ3n) is 3.21. The van der Waals surface area contributed by atoms with Crippen molar-refractivity contribution < 1.29 is 8.42 Å². The van der Waals surface area contributed by atoms with Gasteiger partial charge >= 0.3 is 0 Å². The highest BCUT2D eigenvalue weighted by Crippen LogP contribution is 2.19. The van der Waals surface area contributed by atoms with E-state index in [2.05, 4.69) is 9.71 Å². The van der Waals surface area contributed by atoms with Crippen molar-refractivity contribution in [1.82, 2.24) is 4.98 Å². The molecule has 0 saturated carbocycles. The van der Waals surface area contributed by atoms with Gasteiger partial charge < -0.3 is 5.73 Å². The molecule has 0 saturated heterocycles. The van der Waals surface area contributed by atoms with Gasteiger partial charge in [0, 0.05) is 18.1 Å². The summed E-state index contributed by atoms with van der Waals surface area (Å²) in [5, 5.41) is 0. The van der Waals surface area contributed by atoms with E-state index in [1.807, 2.05) is 25.1 Å². The Morgan fingerprint density at radius 1 is 1.19 bits per heavy atom. The van der Waals surface area contributed by atoms with Gasteiger partial charge in [-0.3, -0.25) is 9.71 Å². The number of aryl methyl sites for hydroxylation is 2. The molecule has 0 unspecified atom stereocenters. The van der Waals surface area contributed by atoms with Crippen LogP contribution in [-0.4, -0.2) is 19.2 Å². The molecule has 2 rings (SSSR count). The highest BCUT2D eigenvalue weighted by molar-refractivity contribution is 7.92. The largest absolute Gasteiger partial charge is 0.398 e. The summed E-state index contributed by atoms with van der Waals surface area (Å²) >= 11 is 0. The van der Waals surface area contributed by atoms with Crippen molar-refractivity contribution in [3.8, 4) is 0 Å². The maximum Gasteiger partial charge on any atom is 0.233 e. The molecule has 0 fully saturated rings. The van der Waals surface area contributed by atoms with Crippen molar-refractivity contribution in [2.75, 3.05) is 16.2 Å². The average Bonchev–Trinajstić information content (AvgIpc) is 2.46. The lowest BCUT2D eigenvalue weighted by molar-refractivity contribution is 0.600. The summed E-state index contributed by atoms with van der Waals surface area (Å²) in [5.41, 5.74) is 8.93. The Kier molecular flexibility index (Phi) is 4.80. The van der Waals surface area contributed by atoms with E-state index < -0.39 is 10.0 Å². The zero-order chi connectivity index (χ0) is 15.3. The van der Waals surface area contributed by atoms with Gasteiger partial charge in [0.25, 0.3) is 0 Å². The molecule has 2 aromatic rings. The molecule has 5 nitrogen and oxygen atoms in total. The molecule has 0 amide bonds. The first kappa shape index (κ1) is 15.3. The first-order valence-corrected chi connectivity index (χ1v) is 8.43. The van der Waals surface area contributed by atoms with Crippen LogP contribution in [0.25, 0.3) is 0 Å². The molecule has 3 N–H and O–H groups in total. The quantitative estimate of drug-likeness (QED) is 0.801. The lowest BCUT2D eigenvalue weighted by Gasteiger charge is -2.10. The maximum atomic E-state index is 12.1. The molecule has 112 valence electrons. The SMILES string of the molecule is CCc1ccc(NS(=O)(=O)CCc2ccncc2)cc1N. The topological polar surface area (TPSA) is 85.1 Å². The second-order valence-corrected chi connectivity index (χ2v) is 6.64. The van der Waals surface area contributed by atoms with Gasteiger partial charge in [0.2, 0.25) is 10.0 Å². The number of anilines is 2. The Balaban J connectivity index is 2.02. The summed E-state index contributed by atoms with van der Waals surface area (Å²) in [7, 11) is -3.40. The van der Waals surface area contributed by atoms with E-state index in [9.17, 15) is 8.42 Å². The molecule has 0 aliphatic heterocycles. The fourth-order valence-electron chi connectivity index (χ4n) is 2.01. The van der Waals surface area contributed by atoms with Gasteiger partial charge in [0.05, 0.1) is 11.4 Å². The second-order valence-electron chi connectivity index (χ2n) is 4.79. The van der Waals surface area contributed by atoms with Gasteiger partial charge in [-0.1, -0.05) is 13.0 Å². The summed E-state index contributed by atoms with van der Waals surface area (Å²) in [6.07, 6.45) is 4.57. The normalized spacial score (nSPS) is 11.3. The van der Waals surface area contributed by atoms with Crippen molar-refractivity contribution in [3.63, 3.8) is 0 Å². The number of aromatic nitrogens is 1. The van der Waals surface area contributed by atoms with E-state index in [0.29, 0.717) is 17.8 Å². The molecule has 0 atom stereocenters. The van der Waals surface area contributed by atoms with Crippen LogP contribution < -0.4 is 10.5 Å². The number of hydrogen-bond donors (Lipinski definition) is 2. The Labute approximate surface area is 125 Å². The third kappa shape index (κ3) is 4.46. The van der Waals surface area contributed by atoms with Crippen molar-refractivity contribution in [2.24, 2.45) is 0 Å². The van der Waals surface area contributed by atoms with Crippen LogP contribution in [0.1, 0.15) is 18.1 Å². The van der Waals surface area contributed by atoms with Gasteiger partial charge in [0.15, 0.2) is 0 Å². The Morgan fingerprint density at radius 2 is 1.90 bits per heavy atom. The molecule has 6 heteroatoms. The van der Waals surface area contributed by atoms with Crippen molar-refractivity contribution in [2.45, 2.75) is 19.8 Å². The molecular weight excluding hydrogens is 286 g/mol. The van der Waals surface area contributed by atoms with Gasteiger partial charge in [-0.05, 0) is 48.2 Å². The van der Waals surface area contributed by atoms with Crippen molar-refractivity contribution >= 4 is 21.4 Å². The van der Waals surface area contributed by atoms with E-state index in [0.717, 1.165) is 17.5 Å². The summed E-state index contributed by atoms with van der Waals surface area (Å²) in [6, 6.07) is 8.85. The highest BCUT2D eigenvalue weighted by atomic mass is 32.2. The zero-order valence-electron chi connectivity index (χ0n) is 11.9. The van der Waals surface area contributed by atoms with Crippen LogP contribution in [0.15, 0.2) is 42.7 Å². The van der Waals surface area contributed by atoms with Crippen LogP contribution in [0, 0.1) is 0 Å². The predicted octanol–water partition coefficient (Wildman–Crippen LogP) is 2.21. The number of nitrogen functional groups attached to an aromatic ring is 1. The van der Waals surface area contributed by atoms with E-state index in [-0.39, 0.29) is 5.75 Å². The van der Waals surface area contributed by atoms with Crippen LogP contribution >= 0.6 is 0 Å². The minimum Gasteiger partial charge on any atom is -0.398 e. The molecule has 1 heterocycles. The van der Waals surface area contributed by atoms with E-state index in [1.165, 1.54) is 0 Å².